The smallest absolute Gasteiger partial charge is 0.189 e. The van der Waals surface area contributed by atoms with Gasteiger partial charge >= 0.3 is 0 Å². The molecule has 2 rings (SSSR count). The van der Waals surface area contributed by atoms with E-state index in [1.54, 1.807) is 26.4 Å². The molecule has 1 aromatic carbocycles. The largest absolute Gasteiger partial charge is 0.493 e. The first kappa shape index (κ1) is 11.8. The van der Waals surface area contributed by atoms with Gasteiger partial charge in [-0.25, -0.2) is 9.97 Å². The van der Waals surface area contributed by atoms with Crippen LogP contribution in [0.1, 0.15) is 0 Å². The van der Waals surface area contributed by atoms with Crippen molar-refractivity contribution in [3.63, 3.8) is 0 Å². The normalized spacial score (nSPS) is 10.5. The summed E-state index contributed by atoms with van der Waals surface area (Å²) in [5, 5.41) is 1.41. The van der Waals surface area contributed by atoms with Gasteiger partial charge in [0.05, 0.1) is 19.7 Å². The Kier molecular flexibility index (Phi) is 3.23. The van der Waals surface area contributed by atoms with E-state index in [1.165, 1.54) is 11.8 Å². The van der Waals surface area contributed by atoms with E-state index < -0.39 is 0 Å². The molecule has 0 aliphatic heterocycles. The highest BCUT2D eigenvalue weighted by Crippen LogP contribution is 2.33. The first-order valence-corrected chi connectivity index (χ1v) is 6.15. The summed E-state index contributed by atoms with van der Waals surface area (Å²) < 4.78 is 10.4. The number of methoxy groups -OCH3 is 2. The van der Waals surface area contributed by atoms with Crippen molar-refractivity contribution in [2.45, 2.75) is 5.16 Å². The Morgan fingerprint density at radius 2 is 1.76 bits per heavy atom. The average molecular weight is 251 g/mol. The number of rotatable bonds is 3. The molecule has 2 aromatic rings. The Morgan fingerprint density at radius 3 is 2.35 bits per heavy atom. The molecule has 0 unspecified atom stereocenters. The van der Waals surface area contributed by atoms with Crippen LogP contribution in [0.5, 0.6) is 11.5 Å². The molecule has 0 aliphatic carbocycles. The van der Waals surface area contributed by atoms with Gasteiger partial charge in [0.25, 0.3) is 0 Å². The van der Waals surface area contributed by atoms with Crippen LogP contribution < -0.4 is 15.2 Å². The van der Waals surface area contributed by atoms with Crippen molar-refractivity contribution in [2.24, 2.45) is 0 Å². The number of thioether (sulfide) groups is 1. The third-order valence-electron chi connectivity index (χ3n) is 2.39. The molecular weight excluding hydrogens is 238 g/mol. The molecule has 6 heteroatoms. The van der Waals surface area contributed by atoms with E-state index in [4.69, 9.17) is 15.2 Å². The minimum Gasteiger partial charge on any atom is -0.493 e. The second-order valence-corrected chi connectivity index (χ2v) is 4.09. The summed E-state index contributed by atoms with van der Waals surface area (Å²) in [6.45, 7) is 0. The minimum absolute atomic E-state index is 0.445. The van der Waals surface area contributed by atoms with Crippen LogP contribution in [-0.2, 0) is 0 Å². The van der Waals surface area contributed by atoms with Crippen LogP contribution in [0.3, 0.4) is 0 Å². The Morgan fingerprint density at radius 1 is 1.12 bits per heavy atom. The lowest BCUT2D eigenvalue weighted by Gasteiger charge is -2.10. The molecule has 90 valence electrons. The van der Waals surface area contributed by atoms with E-state index >= 15 is 0 Å². The van der Waals surface area contributed by atoms with Gasteiger partial charge in [-0.05, 0) is 12.3 Å². The summed E-state index contributed by atoms with van der Waals surface area (Å²) in [5.74, 6) is 1.69. The molecule has 0 aliphatic rings. The quantitative estimate of drug-likeness (QED) is 0.664. The zero-order valence-electron chi connectivity index (χ0n) is 9.85. The van der Waals surface area contributed by atoms with Gasteiger partial charge in [0, 0.05) is 11.5 Å². The van der Waals surface area contributed by atoms with Gasteiger partial charge in [-0.3, -0.25) is 0 Å². The van der Waals surface area contributed by atoms with Crippen LogP contribution in [0.2, 0.25) is 0 Å². The number of benzene rings is 1. The molecule has 0 saturated heterocycles. The monoisotopic (exact) mass is 251 g/mol. The highest BCUT2D eigenvalue weighted by molar-refractivity contribution is 7.98. The molecule has 0 radical (unpaired) electrons. The van der Waals surface area contributed by atoms with Gasteiger partial charge in [0.2, 0.25) is 0 Å². The van der Waals surface area contributed by atoms with Crippen LogP contribution in [0, 0.1) is 0 Å². The van der Waals surface area contributed by atoms with E-state index in [0.29, 0.717) is 22.5 Å². The van der Waals surface area contributed by atoms with Crippen LogP contribution in [0.15, 0.2) is 17.3 Å². The minimum atomic E-state index is 0.445. The first-order valence-electron chi connectivity index (χ1n) is 4.92. The molecule has 0 amide bonds. The van der Waals surface area contributed by atoms with E-state index in [-0.39, 0.29) is 0 Å². The zero-order chi connectivity index (χ0) is 12.4. The number of ether oxygens (including phenoxy) is 2. The van der Waals surface area contributed by atoms with E-state index in [0.717, 1.165) is 10.9 Å². The molecule has 0 spiro atoms. The Balaban J connectivity index is 2.73. The van der Waals surface area contributed by atoms with Crippen molar-refractivity contribution in [3.8, 4) is 11.5 Å². The summed E-state index contributed by atoms with van der Waals surface area (Å²) in [5.41, 5.74) is 6.64. The van der Waals surface area contributed by atoms with Crippen molar-refractivity contribution in [1.82, 2.24) is 9.97 Å². The van der Waals surface area contributed by atoms with Gasteiger partial charge < -0.3 is 15.2 Å². The van der Waals surface area contributed by atoms with Crippen molar-refractivity contribution < 1.29 is 9.47 Å². The fourth-order valence-corrected chi connectivity index (χ4v) is 1.93. The molecular formula is C11H13N3O2S. The molecule has 2 N–H and O–H groups in total. The van der Waals surface area contributed by atoms with Gasteiger partial charge in [-0.2, -0.15) is 0 Å². The van der Waals surface area contributed by atoms with Crippen molar-refractivity contribution >= 4 is 28.5 Å². The van der Waals surface area contributed by atoms with E-state index in [2.05, 4.69) is 9.97 Å². The SMILES string of the molecule is COc1cc2nc(SC)nc(N)c2cc1OC. The predicted molar refractivity (Wildman–Crippen MR) is 68.8 cm³/mol. The summed E-state index contributed by atoms with van der Waals surface area (Å²) in [7, 11) is 3.17. The maximum Gasteiger partial charge on any atom is 0.189 e. The van der Waals surface area contributed by atoms with Crippen LogP contribution in [-0.4, -0.2) is 30.4 Å². The molecule has 17 heavy (non-hydrogen) atoms. The summed E-state index contributed by atoms with van der Waals surface area (Å²) in [6.07, 6.45) is 1.90. The predicted octanol–water partition coefficient (Wildman–Crippen LogP) is 1.95. The fourth-order valence-electron chi connectivity index (χ4n) is 1.55. The Bertz CT molecular complexity index is 560. The van der Waals surface area contributed by atoms with Crippen LogP contribution in [0.4, 0.5) is 5.82 Å². The maximum atomic E-state index is 5.89. The zero-order valence-corrected chi connectivity index (χ0v) is 10.7. The summed E-state index contributed by atoms with van der Waals surface area (Å²) in [4.78, 5) is 8.56. The number of hydrogen-bond acceptors (Lipinski definition) is 6. The standard InChI is InChI=1S/C11H13N3O2S/c1-15-8-4-6-7(5-9(8)16-2)13-11(17-3)14-10(6)12/h4-5H,1-3H3,(H2,12,13,14). The maximum absolute atomic E-state index is 5.89. The summed E-state index contributed by atoms with van der Waals surface area (Å²) >= 11 is 1.45. The molecule has 0 fully saturated rings. The fraction of sp³-hybridized carbons (Fsp3) is 0.273. The molecule has 5 nitrogen and oxygen atoms in total. The van der Waals surface area contributed by atoms with E-state index in [9.17, 15) is 0 Å². The lowest BCUT2D eigenvalue weighted by molar-refractivity contribution is 0.355. The number of fused-ring (bicyclic) bond motifs is 1. The molecule has 0 atom stereocenters. The molecule has 0 saturated carbocycles. The van der Waals surface area contributed by atoms with Crippen molar-refractivity contribution in [3.05, 3.63) is 12.1 Å². The highest BCUT2D eigenvalue weighted by atomic mass is 32.2. The molecule has 0 bridgehead atoms. The molecule has 1 heterocycles. The van der Waals surface area contributed by atoms with Crippen molar-refractivity contribution in [1.29, 1.82) is 0 Å². The Hall–Kier alpha value is -1.69. The average Bonchev–Trinajstić information content (AvgIpc) is 2.36. The lowest BCUT2D eigenvalue weighted by atomic mass is 10.2. The topological polar surface area (TPSA) is 70.3 Å². The number of nitrogens with two attached hydrogens (primary N) is 1. The number of anilines is 1. The van der Waals surface area contributed by atoms with Crippen molar-refractivity contribution in [2.75, 3.05) is 26.2 Å². The van der Waals surface area contributed by atoms with Gasteiger partial charge in [-0.15, -0.1) is 0 Å². The highest BCUT2D eigenvalue weighted by Gasteiger charge is 2.11. The summed E-state index contributed by atoms with van der Waals surface area (Å²) in [6, 6.07) is 3.58. The second-order valence-electron chi connectivity index (χ2n) is 3.32. The van der Waals surface area contributed by atoms with Crippen LogP contribution in [0.25, 0.3) is 10.9 Å². The van der Waals surface area contributed by atoms with Crippen LogP contribution >= 0.6 is 11.8 Å². The lowest BCUT2D eigenvalue weighted by Crippen LogP contribution is -1.98. The molecule has 1 aromatic heterocycles. The number of nitrogens with zero attached hydrogens (tertiary/aromatic N) is 2. The van der Waals surface area contributed by atoms with Gasteiger partial charge in [0.15, 0.2) is 16.7 Å². The second kappa shape index (κ2) is 4.67. The number of hydrogen-bond donors (Lipinski definition) is 1. The first-order chi connectivity index (χ1) is 8.19. The van der Waals surface area contributed by atoms with Gasteiger partial charge in [0.1, 0.15) is 5.82 Å². The van der Waals surface area contributed by atoms with E-state index in [1.807, 2.05) is 6.26 Å². The third kappa shape index (κ3) is 2.08. The third-order valence-corrected chi connectivity index (χ3v) is 2.94. The van der Waals surface area contributed by atoms with Gasteiger partial charge in [-0.1, -0.05) is 11.8 Å². The number of nitrogen functional groups attached to an aromatic ring is 1. The number of aromatic nitrogens is 2. The Labute approximate surface area is 103 Å².